The van der Waals surface area contributed by atoms with Crippen molar-refractivity contribution < 1.29 is 9.53 Å². The van der Waals surface area contributed by atoms with Crippen LogP contribution in [0.2, 0.25) is 5.02 Å². The number of carbonyl (C=O) groups is 1. The van der Waals surface area contributed by atoms with Crippen LogP contribution >= 0.6 is 11.6 Å². The molecule has 1 amide bonds. The first kappa shape index (κ1) is 19.3. The molecule has 0 aromatic heterocycles. The molecule has 0 spiro atoms. The van der Waals surface area contributed by atoms with Crippen molar-refractivity contribution in [2.75, 3.05) is 13.2 Å². The van der Waals surface area contributed by atoms with E-state index in [2.05, 4.69) is 18.2 Å². The van der Waals surface area contributed by atoms with E-state index in [1.807, 2.05) is 41.3 Å². The van der Waals surface area contributed by atoms with Crippen LogP contribution in [0, 0.1) is 0 Å². The van der Waals surface area contributed by atoms with Crippen LogP contribution in [-0.2, 0) is 16.6 Å². The number of nitrogens with two attached hydrogens (primary N) is 1. The van der Waals surface area contributed by atoms with Crippen molar-refractivity contribution in [1.29, 1.82) is 0 Å². The average Bonchev–Trinajstić information content (AvgIpc) is 3.09. The second-order valence-electron chi connectivity index (χ2n) is 8.05. The number of halogens is 1. The summed E-state index contributed by atoms with van der Waals surface area (Å²) in [6.07, 6.45) is 4.44. The molecule has 1 aliphatic carbocycles. The van der Waals surface area contributed by atoms with E-state index in [0.717, 1.165) is 37.1 Å². The number of hydrogen-bond donors (Lipinski definition) is 1. The molecule has 1 saturated carbocycles. The summed E-state index contributed by atoms with van der Waals surface area (Å²) in [5.74, 6) is 0. The van der Waals surface area contributed by atoms with Crippen molar-refractivity contribution >= 4 is 17.7 Å². The van der Waals surface area contributed by atoms with Gasteiger partial charge in [-0.15, -0.1) is 0 Å². The Morgan fingerprint density at radius 2 is 1.86 bits per heavy atom. The predicted octanol–water partition coefficient (Wildman–Crippen LogP) is 4.54. The lowest BCUT2D eigenvalue weighted by molar-refractivity contribution is 0.117. The van der Waals surface area contributed by atoms with Gasteiger partial charge >= 0.3 is 6.09 Å². The fraction of sp³-hybridized carbons (Fsp3) is 0.435. The molecular formula is C23H27ClN2O2. The third-order valence-corrected chi connectivity index (χ3v) is 6.69. The molecule has 4 nitrogen and oxygen atoms in total. The van der Waals surface area contributed by atoms with Crippen molar-refractivity contribution in [2.24, 2.45) is 5.73 Å². The molecule has 2 aromatic rings. The number of nitrogens with zero attached hydrogens (tertiary/aromatic N) is 1. The summed E-state index contributed by atoms with van der Waals surface area (Å²) in [5, 5.41) is 0.749. The van der Waals surface area contributed by atoms with Gasteiger partial charge in [0, 0.05) is 23.0 Å². The first-order valence-electron chi connectivity index (χ1n) is 10.1. The molecule has 1 saturated heterocycles. The highest BCUT2D eigenvalue weighted by Crippen LogP contribution is 2.42. The summed E-state index contributed by atoms with van der Waals surface area (Å²) in [4.78, 5) is 14.5. The van der Waals surface area contributed by atoms with Gasteiger partial charge in [-0.2, -0.15) is 0 Å². The Labute approximate surface area is 171 Å². The lowest BCUT2D eigenvalue weighted by Crippen LogP contribution is -2.49. The number of benzene rings is 2. The Morgan fingerprint density at radius 1 is 1.11 bits per heavy atom. The molecule has 1 atom stereocenters. The fourth-order valence-electron chi connectivity index (χ4n) is 4.82. The molecule has 0 bridgehead atoms. The Kier molecular flexibility index (Phi) is 5.61. The van der Waals surface area contributed by atoms with Crippen LogP contribution in [0.3, 0.4) is 0 Å². The van der Waals surface area contributed by atoms with Crippen LogP contribution in [0.1, 0.15) is 36.8 Å². The van der Waals surface area contributed by atoms with E-state index in [-0.39, 0.29) is 23.6 Å². The van der Waals surface area contributed by atoms with Gasteiger partial charge in [0.2, 0.25) is 0 Å². The normalized spacial score (nSPS) is 27.6. The standard InChI is InChI=1S/C23H27ClN2O2/c24-19-8-4-7-18(14-19)23(16-25)11-9-20(10-12-23)26-21(15-28-22(26)27)13-17-5-2-1-3-6-17/h1-8,14,20-21H,9-13,15-16,25H2. The highest BCUT2D eigenvalue weighted by molar-refractivity contribution is 6.30. The largest absolute Gasteiger partial charge is 0.447 e. The molecule has 1 aliphatic heterocycles. The van der Waals surface area contributed by atoms with E-state index in [9.17, 15) is 4.79 Å². The first-order valence-corrected chi connectivity index (χ1v) is 10.4. The topological polar surface area (TPSA) is 55.6 Å². The van der Waals surface area contributed by atoms with E-state index in [1.165, 1.54) is 11.1 Å². The maximum absolute atomic E-state index is 12.5. The minimum Gasteiger partial charge on any atom is -0.447 e. The highest BCUT2D eigenvalue weighted by atomic mass is 35.5. The Bertz CT molecular complexity index is 818. The third-order valence-electron chi connectivity index (χ3n) is 6.45. The summed E-state index contributed by atoms with van der Waals surface area (Å²) in [5.41, 5.74) is 8.62. The molecule has 2 aromatic carbocycles. The molecule has 4 rings (SSSR count). The van der Waals surface area contributed by atoms with Crippen molar-refractivity contribution in [2.45, 2.75) is 49.6 Å². The van der Waals surface area contributed by atoms with Gasteiger partial charge in [0.05, 0.1) is 6.04 Å². The number of ether oxygens (including phenoxy) is 1. The molecule has 2 fully saturated rings. The lowest BCUT2D eigenvalue weighted by atomic mass is 9.68. The quantitative estimate of drug-likeness (QED) is 0.804. The maximum atomic E-state index is 12.5. The molecule has 2 aliphatic rings. The minimum atomic E-state index is -0.172. The zero-order valence-corrected chi connectivity index (χ0v) is 16.8. The molecule has 1 heterocycles. The molecule has 28 heavy (non-hydrogen) atoms. The Hall–Kier alpha value is -2.04. The second kappa shape index (κ2) is 8.14. The Morgan fingerprint density at radius 3 is 2.54 bits per heavy atom. The molecule has 0 radical (unpaired) electrons. The van der Waals surface area contributed by atoms with Crippen molar-refractivity contribution in [3.8, 4) is 0 Å². The zero-order chi connectivity index (χ0) is 19.6. The van der Waals surface area contributed by atoms with Gasteiger partial charge in [-0.05, 0) is 55.4 Å². The van der Waals surface area contributed by atoms with Gasteiger partial charge in [0.25, 0.3) is 0 Å². The first-order chi connectivity index (χ1) is 13.6. The number of hydrogen-bond acceptors (Lipinski definition) is 3. The monoisotopic (exact) mass is 398 g/mol. The lowest BCUT2D eigenvalue weighted by Gasteiger charge is -2.43. The van der Waals surface area contributed by atoms with Gasteiger partial charge in [0.15, 0.2) is 0 Å². The number of carbonyl (C=O) groups excluding carboxylic acids is 1. The average molecular weight is 399 g/mol. The summed E-state index contributed by atoms with van der Waals surface area (Å²) in [6.45, 7) is 1.07. The molecule has 2 N–H and O–H groups in total. The molecule has 148 valence electrons. The van der Waals surface area contributed by atoms with Crippen LogP contribution in [0.25, 0.3) is 0 Å². The summed E-state index contributed by atoms with van der Waals surface area (Å²) in [7, 11) is 0. The second-order valence-corrected chi connectivity index (χ2v) is 8.49. The van der Waals surface area contributed by atoms with Crippen molar-refractivity contribution in [3.05, 3.63) is 70.7 Å². The number of amides is 1. The predicted molar refractivity (Wildman–Crippen MR) is 112 cm³/mol. The smallest absolute Gasteiger partial charge is 0.410 e. The van der Waals surface area contributed by atoms with Crippen LogP contribution < -0.4 is 5.73 Å². The SMILES string of the molecule is NCC1(c2cccc(Cl)c2)CCC(N2C(=O)OCC2Cc2ccccc2)CC1. The summed E-state index contributed by atoms with van der Waals surface area (Å²) < 4.78 is 5.43. The Balaban J connectivity index is 1.47. The molecule has 5 heteroatoms. The van der Waals surface area contributed by atoms with E-state index in [1.54, 1.807) is 0 Å². The van der Waals surface area contributed by atoms with Crippen LogP contribution in [-0.4, -0.2) is 36.2 Å². The number of rotatable bonds is 5. The van der Waals surface area contributed by atoms with Crippen LogP contribution in [0.15, 0.2) is 54.6 Å². The fourth-order valence-corrected chi connectivity index (χ4v) is 5.01. The molecular weight excluding hydrogens is 372 g/mol. The highest BCUT2D eigenvalue weighted by Gasteiger charge is 2.43. The van der Waals surface area contributed by atoms with E-state index in [4.69, 9.17) is 22.1 Å². The van der Waals surface area contributed by atoms with Crippen molar-refractivity contribution in [1.82, 2.24) is 4.90 Å². The maximum Gasteiger partial charge on any atom is 0.410 e. The van der Waals surface area contributed by atoms with E-state index >= 15 is 0 Å². The van der Waals surface area contributed by atoms with Gasteiger partial charge in [-0.1, -0.05) is 54.1 Å². The van der Waals surface area contributed by atoms with Crippen molar-refractivity contribution in [3.63, 3.8) is 0 Å². The summed E-state index contributed by atoms with van der Waals surface area (Å²) >= 11 is 6.22. The number of cyclic esters (lactones) is 1. The van der Waals surface area contributed by atoms with Gasteiger partial charge in [-0.25, -0.2) is 4.79 Å². The van der Waals surface area contributed by atoms with Gasteiger partial charge in [0.1, 0.15) is 6.61 Å². The zero-order valence-electron chi connectivity index (χ0n) is 16.0. The van der Waals surface area contributed by atoms with Gasteiger partial charge in [-0.3, -0.25) is 4.90 Å². The minimum absolute atomic E-state index is 0.0556. The summed E-state index contributed by atoms with van der Waals surface area (Å²) in [6, 6.07) is 18.7. The van der Waals surface area contributed by atoms with E-state index < -0.39 is 0 Å². The third kappa shape index (κ3) is 3.76. The molecule has 1 unspecified atom stereocenters. The van der Waals surface area contributed by atoms with E-state index in [0.29, 0.717) is 13.2 Å². The van der Waals surface area contributed by atoms with Crippen LogP contribution in [0.5, 0.6) is 0 Å². The van der Waals surface area contributed by atoms with Gasteiger partial charge < -0.3 is 10.5 Å². The van der Waals surface area contributed by atoms with Crippen LogP contribution in [0.4, 0.5) is 4.79 Å².